The second kappa shape index (κ2) is 6.87. The van der Waals surface area contributed by atoms with Crippen LogP contribution in [0.5, 0.6) is 0 Å². The normalized spacial score (nSPS) is 18.3. The zero-order valence-corrected chi connectivity index (χ0v) is 11.4. The molecule has 18 heavy (non-hydrogen) atoms. The van der Waals surface area contributed by atoms with E-state index in [9.17, 15) is 0 Å². The molecule has 1 saturated heterocycles. The summed E-state index contributed by atoms with van der Waals surface area (Å²) in [5.74, 6) is 0. The number of hydrogen-bond donors (Lipinski definition) is 1. The van der Waals surface area contributed by atoms with Gasteiger partial charge in [-0.05, 0) is 13.0 Å². The van der Waals surface area contributed by atoms with Crippen LogP contribution in [0.2, 0.25) is 0 Å². The molecule has 1 aromatic heterocycles. The van der Waals surface area contributed by atoms with Gasteiger partial charge in [0.05, 0.1) is 12.0 Å². The van der Waals surface area contributed by atoms with Crippen LogP contribution in [0.3, 0.4) is 0 Å². The van der Waals surface area contributed by atoms with Gasteiger partial charge >= 0.3 is 0 Å². The number of nitrogens with two attached hydrogens (primary N) is 1. The maximum Gasteiger partial charge on any atom is 0.0950 e. The molecule has 0 unspecified atom stereocenters. The Bertz CT molecular complexity index is 341. The van der Waals surface area contributed by atoms with Gasteiger partial charge in [0.15, 0.2) is 0 Å². The van der Waals surface area contributed by atoms with Crippen LogP contribution in [0.25, 0.3) is 0 Å². The average molecular weight is 251 g/mol. The van der Waals surface area contributed by atoms with Crippen LogP contribution in [-0.2, 0) is 13.1 Å². The second-order valence-electron chi connectivity index (χ2n) is 5.01. The minimum absolute atomic E-state index is 0.672. The van der Waals surface area contributed by atoms with Crippen LogP contribution in [0.4, 0.5) is 0 Å². The molecule has 102 valence electrons. The highest BCUT2D eigenvalue weighted by Gasteiger charge is 2.16. The quantitative estimate of drug-likeness (QED) is 0.793. The highest BCUT2D eigenvalue weighted by Crippen LogP contribution is 2.07. The molecule has 2 heterocycles. The number of nitrogens with zero attached hydrogens (tertiary/aromatic N) is 4. The van der Waals surface area contributed by atoms with Gasteiger partial charge < -0.3 is 15.2 Å². The fourth-order valence-corrected chi connectivity index (χ4v) is 2.48. The molecule has 2 N–H and O–H groups in total. The Labute approximate surface area is 110 Å². The van der Waals surface area contributed by atoms with Crippen molar-refractivity contribution < 1.29 is 0 Å². The SMILES string of the molecule is CCCN1CCN(Cc2cn(CCN)cn2)CC1. The highest BCUT2D eigenvalue weighted by atomic mass is 15.3. The molecule has 2 rings (SSSR count). The number of hydrogen-bond acceptors (Lipinski definition) is 4. The van der Waals surface area contributed by atoms with Crippen molar-refractivity contribution in [2.75, 3.05) is 39.3 Å². The van der Waals surface area contributed by atoms with Crippen molar-refractivity contribution in [3.8, 4) is 0 Å². The van der Waals surface area contributed by atoms with Crippen LogP contribution < -0.4 is 5.73 Å². The fourth-order valence-electron chi connectivity index (χ4n) is 2.48. The summed E-state index contributed by atoms with van der Waals surface area (Å²) < 4.78 is 2.07. The van der Waals surface area contributed by atoms with Crippen molar-refractivity contribution in [2.24, 2.45) is 5.73 Å². The molecule has 1 aromatic rings. The van der Waals surface area contributed by atoms with Gasteiger partial charge in [-0.1, -0.05) is 6.92 Å². The zero-order chi connectivity index (χ0) is 12.8. The Morgan fingerprint density at radius 3 is 2.56 bits per heavy atom. The van der Waals surface area contributed by atoms with Gasteiger partial charge in [0.2, 0.25) is 0 Å². The first-order valence-corrected chi connectivity index (χ1v) is 6.97. The van der Waals surface area contributed by atoms with Crippen molar-refractivity contribution in [3.63, 3.8) is 0 Å². The summed E-state index contributed by atoms with van der Waals surface area (Å²) in [7, 11) is 0. The van der Waals surface area contributed by atoms with E-state index in [0.29, 0.717) is 6.54 Å². The van der Waals surface area contributed by atoms with E-state index in [4.69, 9.17) is 5.73 Å². The number of imidazole rings is 1. The molecule has 0 atom stereocenters. The second-order valence-corrected chi connectivity index (χ2v) is 5.01. The van der Waals surface area contributed by atoms with Gasteiger partial charge in [0, 0.05) is 52.0 Å². The molecule has 0 saturated carbocycles. The Morgan fingerprint density at radius 2 is 1.89 bits per heavy atom. The summed E-state index contributed by atoms with van der Waals surface area (Å²) in [4.78, 5) is 9.47. The number of aromatic nitrogens is 2. The molecule has 1 fully saturated rings. The predicted molar refractivity (Wildman–Crippen MR) is 73.3 cm³/mol. The van der Waals surface area contributed by atoms with Crippen LogP contribution in [0.15, 0.2) is 12.5 Å². The van der Waals surface area contributed by atoms with Crippen molar-refractivity contribution >= 4 is 0 Å². The van der Waals surface area contributed by atoms with Gasteiger partial charge in [0.1, 0.15) is 0 Å². The third kappa shape index (κ3) is 3.80. The molecular formula is C13H25N5. The van der Waals surface area contributed by atoms with Gasteiger partial charge in [-0.2, -0.15) is 0 Å². The molecule has 5 nitrogen and oxygen atoms in total. The molecule has 5 heteroatoms. The first-order valence-electron chi connectivity index (χ1n) is 6.97. The summed E-state index contributed by atoms with van der Waals surface area (Å²) >= 11 is 0. The van der Waals surface area contributed by atoms with Gasteiger partial charge in [0.25, 0.3) is 0 Å². The molecule has 1 aliphatic heterocycles. The monoisotopic (exact) mass is 251 g/mol. The zero-order valence-electron chi connectivity index (χ0n) is 11.4. The average Bonchev–Trinajstić information content (AvgIpc) is 2.80. The Hall–Kier alpha value is -0.910. The van der Waals surface area contributed by atoms with Crippen LogP contribution in [0, 0.1) is 0 Å². The largest absolute Gasteiger partial charge is 0.336 e. The van der Waals surface area contributed by atoms with Crippen LogP contribution in [0.1, 0.15) is 19.0 Å². The summed E-state index contributed by atoms with van der Waals surface area (Å²) in [5.41, 5.74) is 6.69. The van der Waals surface area contributed by atoms with E-state index in [0.717, 1.165) is 31.9 Å². The van der Waals surface area contributed by atoms with E-state index in [1.54, 1.807) is 0 Å². The van der Waals surface area contributed by atoms with Crippen molar-refractivity contribution in [2.45, 2.75) is 26.4 Å². The van der Waals surface area contributed by atoms with Crippen molar-refractivity contribution in [1.82, 2.24) is 19.4 Å². The minimum Gasteiger partial charge on any atom is -0.336 e. The summed E-state index contributed by atoms with van der Waals surface area (Å²) in [5, 5.41) is 0. The molecule has 0 aliphatic carbocycles. The maximum atomic E-state index is 5.53. The standard InChI is InChI=1S/C13H25N5/c1-2-4-16-6-8-17(9-7-16)10-13-11-18(5-3-14)12-15-13/h11-12H,2-10,14H2,1H3. The van der Waals surface area contributed by atoms with E-state index < -0.39 is 0 Å². The number of piperazine rings is 1. The lowest BCUT2D eigenvalue weighted by molar-refractivity contribution is 0.126. The first-order chi connectivity index (χ1) is 8.81. The van der Waals surface area contributed by atoms with E-state index >= 15 is 0 Å². The fraction of sp³-hybridized carbons (Fsp3) is 0.769. The highest BCUT2D eigenvalue weighted by molar-refractivity contribution is 4.97. The smallest absolute Gasteiger partial charge is 0.0950 e. The van der Waals surface area contributed by atoms with Crippen molar-refractivity contribution in [3.05, 3.63) is 18.2 Å². The van der Waals surface area contributed by atoms with E-state index in [1.807, 2.05) is 6.33 Å². The molecule has 1 aliphatic rings. The third-order valence-electron chi connectivity index (χ3n) is 3.46. The van der Waals surface area contributed by atoms with Crippen LogP contribution >= 0.6 is 0 Å². The van der Waals surface area contributed by atoms with Gasteiger partial charge in [-0.3, -0.25) is 4.90 Å². The van der Waals surface area contributed by atoms with Gasteiger partial charge in [-0.25, -0.2) is 4.98 Å². The third-order valence-corrected chi connectivity index (χ3v) is 3.46. The lowest BCUT2D eigenvalue weighted by Gasteiger charge is -2.34. The maximum absolute atomic E-state index is 5.53. The van der Waals surface area contributed by atoms with E-state index in [-0.39, 0.29) is 0 Å². The summed E-state index contributed by atoms with van der Waals surface area (Å²) in [6.07, 6.45) is 5.25. The Balaban J connectivity index is 1.76. The lowest BCUT2D eigenvalue weighted by atomic mass is 10.3. The lowest BCUT2D eigenvalue weighted by Crippen LogP contribution is -2.46. The predicted octanol–water partition coefficient (Wildman–Crippen LogP) is 0.369. The molecule has 0 bridgehead atoms. The Morgan fingerprint density at radius 1 is 1.17 bits per heavy atom. The molecule has 0 radical (unpaired) electrons. The summed E-state index contributed by atoms with van der Waals surface area (Å²) in [6, 6.07) is 0. The molecule has 0 spiro atoms. The van der Waals surface area contributed by atoms with Gasteiger partial charge in [-0.15, -0.1) is 0 Å². The van der Waals surface area contributed by atoms with Crippen LogP contribution in [-0.4, -0.2) is 58.6 Å². The van der Waals surface area contributed by atoms with E-state index in [1.165, 1.54) is 26.1 Å². The molecule has 0 aromatic carbocycles. The first kappa shape index (κ1) is 13.5. The summed E-state index contributed by atoms with van der Waals surface area (Å²) in [6.45, 7) is 10.7. The molecule has 0 amide bonds. The topological polar surface area (TPSA) is 50.3 Å². The minimum atomic E-state index is 0.672. The molecular weight excluding hydrogens is 226 g/mol. The van der Waals surface area contributed by atoms with Crippen molar-refractivity contribution in [1.29, 1.82) is 0 Å². The Kier molecular flexibility index (Phi) is 5.16. The number of rotatable bonds is 6. The van der Waals surface area contributed by atoms with E-state index in [2.05, 4.69) is 32.5 Å².